The number of anilines is 1. The van der Waals surface area contributed by atoms with E-state index < -0.39 is 18.5 Å². The van der Waals surface area contributed by atoms with Crippen LogP contribution in [0.1, 0.15) is 30.5 Å². The maximum absolute atomic E-state index is 12.1. The molecule has 0 spiro atoms. The first kappa shape index (κ1) is 21.0. The fraction of sp³-hybridized carbons (Fsp3) is 0.364. The Kier molecular flexibility index (Phi) is 6.03. The molecule has 1 heterocycles. The van der Waals surface area contributed by atoms with E-state index in [2.05, 4.69) is 5.32 Å². The summed E-state index contributed by atoms with van der Waals surface area (Å²) in [5, 5.41) is 3.11. The van der Waals surface area contributed by atoms with Crippen LogP contribution in [0.2, 0.25) is 5.02 Å². The summed E-state index contributed by atoms with van der Waals surface area (Å²) < 4.78 is 16.5. The van der Waals surface area contributed by atoms with Gasteiger partial charge in [0.15, 0.2) is 24.7 Å². The summed E-state index contributed by atoms with van der Waals surface area (Å²) in [5.74, 6) is 0.00342. The average Bonchev–Trinajstić information content (AvgIpc) is 2.95. The second-order valence-corrected chi connectivity index (χ2v) is 8.13. The molecule has 0 saturated heterocycles. The number of amides is 1. The van der Waals surface area contributed by atoms with Crippen LogP contribution in [0, 0.1) is 13.8 Å². The zero-order valence-corrected chi connectivity index (χ0v) is 17.7. The number of hydrogen-bond donors (Lipinski definition) is 1. The maximum atomic E-state index is 12.1. The molecule has 3 rings (SSSR count). The molecule has 1 amide bonds. The molecule has 6 nitrogen and oxygen atoms in total. The number of esters is 1. The Morgan fingerprint density at radius 2 is 1.97 bits per heavy atom. The number of fused-ring (bicyclic) bond motifs is 1. The van der Waals surface area contributed by atoms with Crippen LogP contribution in [0.3, 0.4) is 0 Å². The Balaban J connectivity index is 1.50. The van der Waals surface area contributed by atoms with Crippen LogP contribution in [-0.2, 0) is 20.7 Å². The van der Waals surface area contributed by atoms with Gasteiger partial charge in [0.05, 0.1) is 10.7 Å². The van der Waals surface area contributed by atoms with Gasteiger partial charge in [-0.25, -0.2) is 4.79 Å². The summed E-state index contributed by atoms with van der Waals surface area (Å²) in [6.07, 6.45) is 0.769. The fourth-order valence-corrected chi connectivity index (χ4v) is 3.64. The van der Waals surface area contributed by atoms with Crippen molar-refractivity contribution in [3.8, 4) is 11.5 Å². The lowest BCUT2D eigenvalue weighted by Gasteiger charge is -2.18. The van der Waals surface area contributed by atoms with Gasteiger partial charge in [-0.05, 0) is 51.0 Å². The van der Waals surface area contributed by atoms with E-state index in [1.54, 1.807) is 12.1 Å². The van der Waals surface area contributed by atoms with Crippen LogP contribution in [0.4, 0.5) is 5.69 Å². The van der Waals surface area contributed by atoms with Crippen molar-refractivity contribution in [2.75, 3.05) is 18.5 Å². The number of carbonyl (C=O) groups excluding carboxylic acids is 2. The number of rotatable bonds is 6. The average molecular weight is 418 g/mol. The van der Waals surface area contributed by atoms with Gasteiger partial charge in [0.1, 0.15) is 5.60 Å². The third-order valence-corrected chi connectivity index (χ3v) is 4.76. The minimum atomic E-state index is -0.651. The summed E-state index contributed by atoms with van der Waals surface area (Å²) in [5.41, 5.74) is 3.06. The molecule has 2 aromatic carbocycles. The molecule has 1 aliphatic rings. The number of aryl methyl sites for hydroxylation is 2. The van der Waals surface area contributed by atoms with Crippen molar-refractivity contribution in [3.05, 3.63) is 52.0 Å². The Morgan fingerprint density at radius 3 is 2.69 bits per heavy atom. The van der Waals surface area contributed by atoms with Gasteiger partial charge < -0.3 is 19.5 Å². The standard InChI is InChI=1S/C22H24ClNO5/c1-13-8-14(2)20(16(23)9-13)24-18(25)11-28-19(26)12-27-17-7-5-6-15-10-22(3,4)29-21(15)17/h5-9H,10-12H2,1-4H3,(H,24,25). The normalized spacial score (nSPS) is 14.0. The highest BCUT2D eigenvalue weighted by Crippen LogP contribution is 2.41. The highest BCUT2D eigenvalue weighted by molar-refractivity contribution is 6.34. The monoisotopic (exact) mass is 417 g/mol. The van der Waals surface area contributed by atoms with Crippen molar-refractivity contribution in [1.82, 2.24) is 0 Å². The van der Waals surface area contributed by atoms with Gasteiger partial charge in [-0.2, -0.15) is 0 Å². The molecule has 7 heteroatoms. The number of hydrogen-bond acceptors (Lipinski definition) is 5. The van der Waals surface area contributed by atoms with E-state index in [1.165, 1.54) is 0 Å². The number of para-hydroxylation sites is 1. The largest absolute Gasteiger partial charge is 0.483 e. The minimum Gasteiger partial charge on any atom is -0.483 e. The molecule has 0 atom stereocenters. The van der Waals surface area contributed by atoms with Crippen molar-refractivity contribution >= 4 is 29.2 Å². The topological polar surface area (TPSA) is 73.9 Å². The van der Waals surface area contributed by atoms with Gasteiger partial charge in [-0.15, -0.1) is 0 Å². The number of halogens is 1. The molecule has 0 bridgehead atoms. The second kappa shape index (κ2) is 8.33. The van der Waals surface area contributed by atoms with Crippen LogP contribution < -0.4 is 14.8 Å². The molecule has 154 valence electrons. The third kappa shape index (κ3) is 5.21. The Bertz CT molecular complexity index is 931. The molecule has 0 saturated carbocycles. The summed E-state index contributed by atoms with van der Waals surface area (Å²) in [6.45, 7) is 6.99. The Labute approximate surface area is 175 Å². The number of ether oxygens (including phenoxy) is 3. The van der Waals surface area contributed by atoms with E-state index in [1.807, 2.05) is 45.9 Å². The number of carbonyl (C=O) groups is 2. The molecule has 2 aromatic rings. The molecule has 1 aliphatic heterocycles. The highest BCUT2D eigenvalue weighted by atomic mass is 35.5. The summed E-state index contributed by atoms with van der Waals surface area (Å²) in [6, 6.07) is 9.22. The Hall–Kier alpha value is -2.73. The lowest BCUT2D eigenvalue weighted by Crippen LogP contribution is -2.25. The van der Waals surface area contributed by atoms with Gasteiger partial charge in [0, 0.05) is 12.0 Å². The zero-order valence-electron chi connectivity index (χ0n) is 16.9. The molecule has 0 radical (unpaired) electrons. The van der Waals surface area contributed by atoms with Crippen LogP contribution in [0.5, 0.6) is 11.5 Å². The quantitative estimate of drug-likeness (QED) is 0.712. The number of nitrogens with one attached hydrogen (secondary N) is 1. The van der Waals surface area contributed by atoms with Crippen molar-refractivity contribution in [1.29, 1.82) is 0 Å². The Morgan fingerprint density at radius 1 is 1.21 bits per heavy atom. The van der Waals surface area contributed by atoms with Crippen molar-refractivity contribution in [3.63, 3.8) is 0 Å². The lowest BCUT2D eigenvalue weighted by atomic mass is 10.0. The van der Waals surface area contributed by atoms with E-state index in [-0.39, 0.29) is 12.2 Å². The summed E-state index contributed by atoms with van der Waals surface area (Å²) >= 11 is 6.17. The van der Waals surface area contributed by atoms with E-state index in [0.717, 1.165) is 23.1 Å². The molecular formula is C22H24ClNO5. The predicted molar refractivity (Wildman–Crippen MR) is 111 cm³/mol. The summed E-state index contributed by atoms with van der Waals surface area (Å²) in [7, 11) is 0. The first-order valence-corrected chi connectivity index (χ1v) is 9.68. The predicted octanol–water partition coefficient (Wildman–Crippen LogP) is 4.23. The third-order valence-electron chi connectivity index (χ3n) is 4.46. The van der Waals surface area contributed by atoms with E-state index in [4.69, 9.17) is 25.8 Å². The molecule has 0 fully saturated rings. The summed E-state index contributed by atoms with van der Waals surface area (Å²) in [4.78, 5) is 24.1. The second-order valence-electron chi connectivity index (χ2n) is 7.72. The van der Waals surface area contributed by atoms with Crippen LogP contribution in [0.25, 0.3) is 0 Å². The molecular weight excluding hydrogens is 394 g/mol. The van der Waals surface area contributed by atoms with Gasteiger partial charge in [-0.1, -0.05) is 29.8 Å². The van der Waals surface area contributed by atoms with Crippen molar-refractivity contribution in [2.45, 2.75) is 39.7 Å². The van der Waals surface area contributed by atoms with Gasteiger partial charge >= 0.3 is 5.97 Å². The molecule has 1 N–H and O–H groups in total. The first-order valence-electron chi connectivity index (χ1n) is 9.30. The highest BCUT2D eigenvalue weighted by Gasteiger charge is 2.32. The smallest absolute Gasteiger partial charge is 0.344 e. The number of benzene rings is 2. The van der Waals surface area contributed by atoms with Crippen LogP contribution in [0.15, 0.2) is 30.3 Å². The molecule has 0 aromatic heterocycles. The van der Waals surface area contributed by atoms with Crippen molar-refractivity contribution < 1.29 is 23.8 Å². The maximum Gasteiger partial charge on any atom is 0.344 e. The molecule has 29 heavy (non-hydrogen) atoms. The van der Waals surface area contributed by atoms with Crippen molar-refractivity contribution in [2.24, 2.45) is 0 Å². The molecule has 0 aliphatic carbocycles. The van der Waals surface area contributed by atoms with Gasteiger partial charge in [0.2, 0.25) is 0 Å². The first-order chi connectivity index (χ1) is 13.6. The molecule has 0 unspecified atom stereocenters. The van der Waals surface area contributed by atoms with E-state index >= 15 is 0 Å². The van der Waals surface area contributed by atoms with Gasteiger partial charge in [0.25, 0.3) is 5.91 Å². The zero-order chi connectivity index (χ0) is 21.2. The van der Waals surface area contributed by atoms with Crippen LogP contribution in [-0.4, -0.2) is 30.7 Å². The lowest BCUT2D eigenvalue weighted by molar-refractivity contribution is -0.149. The minimum absolute atomic E-state index is 0.310. The van der Waals surface area contributed by atoms with Crippen LogP contribution >= 0.6 is 11.6 Å². The van der Waals surface area contributed by atoms with E-state index in [0.29, 0.717) is 22.2 Å². The SMILES string of the molecule is Cc1cc(C)c(NC(=O)COC(=O)COc2cccc3c2OC(C)(C)C3)c(Cl)c1. The van der Waals surface area contributed by atoms with E-state index in [9.17, 15) is 9.59 Å². The fourth-order valence-electron chi connectivity index (χ4n) is 3.27. The van der Waals surface area contributed by atoms with Gasteiger partial charge in [-0.3, -0.25) is 4.79 Å².